The quantitative estimate of drug-likeness (QED) is 0.894. The van der Waals surface area contributed by atoms with Gasteiger partial charge in [-0.3, -0.25) is 4.90 Å². The van der Waals surface area contributed by atoms with Crippen molar-refractivity contribution in [1.82, 2.24) is 9.80 Å². The van der Waals surface area contributed by atoms with E-state index in [0.717, 1.165) is 11.3 Å². The highest BCUT2D eigenvalue weighted by molar-refractivity contribution is 5.89. The van der Waals surface area contributed by atoms with Crippen LogP contribution in [0.15, 0.2) is 48.5 Å². The van der Waals surface area contributed by atoms with Crippen LogP contribution in [0.4, 0.5) is 19.3 Å². The van der Waals surface area contributed by atoms with Crippen molar-refractivity contribution in [1.29, 1.82) is 0 Å². The molecule has 2 aromatic carbocycles. The van der Waals surface area contributed by atoms with Crippen molar-refractivity contribution >= 4 is 11.7 Å². The minimum Gasteiger partial charge on any atom is -0.395 e. The van der Waals surface area contributed by atoms with Gasteiger partial charge in [-0.05, 0) is 29.8 Å². The molecule has 142 valence electrons. The number of hydrogen-bond donors (Lipinski definition) is 1. The molecule has 0 aliphatic carbocycles. The normalized spacial score (nSPS) is 18.4. The Bertz CT molecular complexity index is 824. The Morgan fingerprint density at radius 1 is 1.00 bits per heavy atom. The van der Waals surface area contributed by atoms with Crippen molar-refractivity contribution < 1.29 is 23.0 Å². The van der Waals surface area contributed by atoms with Crippen LogP contribution in [-0.2, 0) is 6.54 Å². The van der Waals surface area contributed by atoms with E-state index in [1.165, 1.54) is 6.07 Å². The van der Waals surface area contributed by atoms with Crippen LogP contribution in [0, 0.1) is 0 Å². The van der Waals surface area contributed by atoms with E-state index in [4.69, 9.17) is 0 Å². The van der Waals surface area contributed by atoms with Crippen molar-refractivity contribution in [3.8, 4) is 11.5 Å². The van der Waals surface area contributed by atoms with Crippen molar-refractivity contribution in [2.75, 3.05) is 31.5 Å². The summed E-state index contributed by atoms with van der Waals surface area (Å²) < 4.78 is 35.1. The van der Waals surface area contributed by atoms with E-state index in [9.17, 15) is 13.6 Å². The van der Waals surface area contributed by atoms with Gasteiger partial charge in [0.25, 0.3) is 0 Å². The molecule has 0 atom stereocenters. The van der Waals surface area contributed by atoms with Crippen LogP contribution in [-0.4, -0.2) is 48.3 Å². The van der Waals surface area contributed by atoms with E-state index >= 15 is 0 Å². The monoisotopic (exact) mass is 375 g/mol. The molecule has 0 spiro atoms. The maximum absolute atomic E-state index is 13.1. The van der Waals surface area contributed by atoms with Crippen LogP contribution < -0.4 is 14.8 Å². The summed E-state index contributed by atoms with van der Waals surface area (Å²) in [6.07, 6.45) is -3.60. The number of nitrogens with zero attached hydrogens (tertiary/aromatic N) is 2. The second-order valence-corrected chi connectivity index (χ2v) is 6.51. The lowest BCUT2D eigenvalue weighted by Gasteiger charge is -2.34. The Morgan fingerprint density at radius 2 is 1.70 bits per heavy atom. The molecule has 0 radical (unpaired) electrons. The number of carbonyl (C=O) groups excluding carboxylic acids is 1. The first kappa shape index (κ1) is 17.5. The molecule has 1 N–H and O–H groups in total. The van der Waals surface area contributed by atoms with Gasteiger partial charge in [0.2, 0.25) is 0 Å². The number of fused-ring (bicyclic) bond motifs is 1. The van der Waals surface area contributed by atoms with Crippen molar-refractivity contribution in [3.05, 3.63) is 54.1 Å². The highest BCUT2D eigenvalue weighted by Crippen LogP contribution is 2.41. The van der Waals surface area contributed by atoms with Gasteiger partial charge in [-0.15, -0.1) is 8.78 Å². The van der Waals surface area contributed by atoms with Crippen LogP contribution in [0.2, 0.25) is 0 Å². The highest BCUT2D eigenvalue weighted by Gasteiger charge is 2.43. The molecule has 0 aromatic heterocycles. The van der Waals surface area contributed by atoms with E-state index in [1.807, 2.05) is 30.3 Å². The molecule has 4 rings (SSSR count). The minimum absolute atomic E-state index is 0.0474. The summed E-state index contributed by atoms with van der Waals surface area (Å²) in [4.78, 5) is 16.3. The number of halogens is 2. The first-order valence-electron chi connectivity index (χ1n) is 8.71. The number of para-hydroxylation sites is 1. The number of hydrogen-bond acceptors (Lipinski definition) is 4. The van der Waals surface area contributed by atoms with Crippen molar-refractivity contribution in [3.63, 3.8) is 0 Å². The van der Waals surface area contributed by atoms with Crippen molar-refractivity contribution in [2.24, 2.45) is 0 Å². The topological polar surface area (TPSA) is 54.0 Å². The molecule has 0 saturated carbocycles. The number of anilines is 1. The van der Waals surface area contributed by atoms with Gasteiger partial charge in [-0.1, -0.05) is 24.3 Å². The Hall–Kier alpha value is -2.87. The maximum atomic E-state index is 13.1. The lowest BCUT2D eigenvalue weighted by Crippen LogP contribution is -2.49. The van der Waals surface area contributed by atoms with Gasteiger partial charge in [0, 0.05) is 38.4 Å². The van der Waals surface area contributed by atoms with Gasteiger partial charge in [0.05, 0.1) is 0 Å². The van der Waals surface area contributed by atoms with Crippen LogP contribution >= 0.6 is 0 Å². The number of alkyl halides is 2. The predicted molar refractivity (Wildman–Crippen MR) is 95.0 cm³/mol. The Morgan fingerprint density at radius 3 is 2.44 bits per heavy atom. The predicted octanol–water partition coefficient (Wildman–Crippen LogP) is 3.36. The first-order valence-corrected chi connectivity index (χ1v) is 8.71. The van der Waals surface area contributed by atoms with Gasteiger partial charge in [-0.2, -0.15) is 0 Å². The Balaban J connectivity index is 1.29. The number of piperazine rings is 1. The average molecular weight is 375 g/mol. The molecule has 8 heteroatoms. The zero-order valence-corrected chi connectivity index (χ0v) is 14.5. The third-order valence-corrected chi connectivity index (χ3v) is 4.56. The summed E-state index contributed by atoms with van der Waals surface area (Å²) >= 11 is 0. The molecular formula is C19H19F2N3O3. The van der Waals surface area contributed by atoms with Crippen LogP contribution in [0.3, 0.4) is 0 Å². The fourth-order valence-corrected chi connectivity index (χ4v) is 3.18. The number of urea groups is 1. The largest absolute Gasteiger partial charge is 0.586 e. The third kappa shape index (κ3) is 4.11. The van der Waals surface area contributed by atoms with Gasteiger partial charge in [0.1, 0.15) is 0 Å². The smallest absolute Gasteiger partial charge is 0.395 e. The molecular weight excluding hydrogens is 356 g/mol. The lowest BCUT2D eigenvalue weighted by atomic mass is 10.1. The molecule has 6 nitrogen and oxygen atoms in total. The first-order chi connectivity index (χ1) is 13.0. The fraction of sp³-hybridized carbons (Fsp3) is 0.316. The number of rotatable bonds is 3. The van der Waals surface area contributed by atoms with Crippen molar-refractivity contribution in [2.45, 2.75) is 12.8 Å². The molecule has 27 heavy (non-hydrogen) atoms. The lowest BCUT2D eigenvalue weighted by molar-refractivity contribution is -0.286. The maximum Gasteiger partial charge on any atom is 0.586 e. The molecule has 1 fully saturated rings. The van der Waals surface area contributed by atoms with Crippen LogP contribution in [0.5, 0.6) is 11.5 Å². The summed E-state index contributed by atoms with van der Waals surface area (Å²) in [6, 6.07) is 14.0. The molecule has 2 amide bonds. The van der Waals surface area contributed by atoms with Crippen LogP contribution in [0.25, 0.3) is 0 Å². The van der Waals surface area contributed by atoms with Crippen LogP contribution in [0.1, 0.15) is 5.56 Å². The SMILES string of the molecule is O=C(Nc1ccccc1)N1CCN(Cc2ccc3c(c2)OC(F)(F)O3)CC1. The summed E-state index contributed by atoms with van der Waals surface area (Å²) in [7, 11) is 0. The molecule has 2 aliphatic heterocycles. The molecule has 2 aromatic rings. The van der Waals surface area contributed by atoms with E-state index in [-0.39, 0.29) is 17.5 Å². The van der Waals surface area contributed by atoms with E-state index < -0.39 is 6.29 Å². The molecule has 0 unspecified atom stereocenters. The number of nitrogens with one attached hydrogen (secondary N) is 1. The molecule has 2 aliphatic rings. The summed E-state index contributed by atoms with van der Waals surface area (Å²) in [6.45, 7) is 3.19. The number of ether oxygens (including phenoxy) is 2. The fourth-order valence-electron chi connectivity index (χ4n) is 3.18. The number of benzene rings is 2. The van der Waals surface area contributed by atoms with Gasteiger partial charge in [0.15, 0.2) is 11.5 Å². The number of amides is 2. The Labute approximate surface area is 155 Å². The minimum atomic E-state index is -3.60. The highest BCUT2D eigenvalue weighted by atomic mass is 19.3. The summed E-state index contributed by atoms with van der Waals surface area (Å²) in [5.74, 6) is 0.101. The molecule has 1 saturated heterocycles. The average Bonchev–Trinajstić information content (AvgIpc) is 2.96. The van der Waals surface area contributed by atoms with E-state index in [1.54, 1.807) is 17.0 Å². The standard InChI is InChI=1S/C19H19F2N3O3/c20-19(21)26-16-7-6-14(12-17(16)27-19)13-23-8-10-24(11-9-23)18(25)22-15-4-2-1-3-5-15/h1-7,12H,8-11,13H2,(H,22,25). The summed E-state index contributed by atoms with van der Waals surface area (Å²) in [5.41, 5.74) is 1.62. The van der Waals surface area contributed by atoms with Gasteiger partial charge in [-0.25, -0.2) is 4.79 Å². The zero-order chi connectivity index (χ0) is 18.9. The van der Waals surface area contributed by atoms with E-state index in [2.05, 4.69) is 19.7 Å². The zero-order valence-electron chi connectivity index (χ0n) is 14.5. The third-order valence-electron chi connectivity index (χ3n) is 4.56. The summed E-state index contributed by atoms with van der Waals surface area (Å²) in [5, 5.41) is 2.88. The Kier molecular flexibility index (Phi) is 4.57. The molecule has 2 heterocycles. The second-order valence-electron chi connectivity index (χ2n) is 6.51. The molecule has 0 bridgehead atoms. The van der Waals surface area contributed by atoms with E-state index in [0.29, 0.717) is 32.7 Å². The van der Waals surface area contributed by atoms with Gasteiger partial charge < -0.3 is 19.7 Å². The number of carbonyl (C=O) groups is 1. The second kappa shape index (κ2) is 7.03. The van der Waals surface area contributed by atoms with Gasteiger partial charge >= 0.3 is 12.3 Å².